The van der Waals surface area contributed by atoms with Gasteiger partial charge in [-0.15, -0.1) is 12.4 Å². The molecule has 2 saturated heterocycles. The zero-order valence-electron chi connectivity index (χ0n) is 12.8. The standard InChI is InChI=1S/C16H24N2O2.ClH/c1-11-3-6-15(20-11)10-18(2)16(19)9-12-7-13-4-5-14(8-12)17-13;/h3,6,12-14,17H,4-5,7-10H2,1-2H3;1H. The molecule has 1 aromatic heterocycles. The molecule has 4 nitrogen and oxygen atoms in total. The van der Waals surface area contributed by atoms with Crippen molar-refractivity contribution in [3.05, 3.63) is 23.7 Å². The number of nitrogens with one attached hydrogen (secondary N) is 1. The molecule has 1 N–H and O–H groups in total. The summed E-state index contributed by atoms with van der Waals surface area (Å²) in [5, 5.41) is 3.63. The molecule has 0 aromatic carbocycles. The third kappa shape index (κ3) is 4.01. The summed E-state index contributed by atoms with van der Waals surface area (Å²) in [4.78, 5) is 14.1. The molecule has 2 bridgehead atoms. The van der Waals surface area contributed by atoms with Crippen LogP contribution < -0.4 is 5.32 Å². The molecular formula is C16H25ClN2O2. The second-order valence-electron chi connectivity index (χ2n) is 6.44. The average molecular weight is 313 g/mol. The van der Waals surface area contributed by atoms with Crippen molar-refractivity contribution in [3.63, 3.8) is 0 Å². The highest BCUT2D eigenvalue weighted by atomic mass is 35.5. The van der Waals surface area contributed by atoms with Gasteiger partial charge in [-0.1, -0.05) is 0 Å². The molecule has 21 heavy (non-hydrogen) atoms. The Kier molecular flexibility index (Phi) is 5.33. The molecule has 3 heterocycles. The summed E-state index contributed by atoms with van der Waals surface area (Å²) in [6.07, 6.45) is 5.59. The van der Waals surface area contributed by atoms with Crippen LogP contribution in [0.4, 0.5) is 0 Å². The Hall–Kier alpha value is -1.00. The van der Waals surface area contributed by atoms with Gasteiger partial charge >= 0.3 is 0 Å². The van der Waals surface area contributed by atoms with Crippen LogP contribution in [0.1, 0.15) is 43.6 Å². The van der Waals surface area contributed by atoms with Gasteiger partial charge in [0.05, 0.1) is 6.54 Å². The summed E-state index contributed by atoms with van der Waals surface area (Å²) >= 11 is 0. The first kappa shape index (κ1) is 16.4. The highest BCUT2D eigenvalue weighted by Crippen LogP contribution is 2.32. The number of piperidine rings is 1. The van der Waals surface area contributed by atoms with E-state index in [9.17, 15) is 4.79 Å². The van der Waals surface area contributed by atoms with E-state index >= 15 is 0 Å². The Morgan fingerprint density at radius 2 is 2.00 bits per heavy atom. The minimum absolute atomic E-state index is 0. The summed E-state index contributed by atoms with van der Waals surface area (Å²) < 4.78 is 5.53. The maximum absolute atomic E-state index is 12.3. The first-order valence-electron chi connectivity index (χ1n) is 7.65. The molecule has 2 fully saturated rings. The molecular weight excluding hydrogens is 288 g/mol. The van der Waals surface area contributed by atoms with Crippen LogP contribution in [0.15, 0.2) is 16.5 Å². The molecule has 3 rings (SSSR count). The van der Waals surface area contributed by atoms with Gasteiger partial charge in [0.1, 0.15) is 11.5 Å². The lowest BCUT2D eigenvalue weighted by Crippen LogP contribution is -2.39. The van der Waals surface area contributed by atoms with E-state index in [4.69, 9.17) is 4.42 Å². The van der Waals surface area contributed by atoms with Crippen LogP contribution in [-0.2, 0) is 11.3 Å². The topological polar surface area (TPSA) is 45.5 Å². The third-order valence-corrected chi connectivity index (χ3v) is 4.65. The first-order valence-corrected chi connectivity index (χ1v) is 7.65. The normalized spacial score (nSPS) is 27.2. The van der Waals surface area contributed by atoms with E-state index in [1.165, 1.54) is 12.8 Å². The number of halogens is 1. The van der Waals surface area contributed by atoms with Crippen molar-refractivity contribution in [2.75, 3.05) is 7.05 Å². The molecule has 2 aliphatic heterocycles. The highest BCUT2D eigenvalue weighted by molar-refractivity contribution is 5.85. The number of carbonyl (C=O) groups is 1. The molecule has 5 heteroatoms. The van der Waals surface area contributed by atoms with Crippen molar-refractivity contribution in [3.8, 4) is 0 Å². The number of hydrogen-bond donors (Lipinski definition) is 1. The van der Waals surface area contributed by atoms with Crippen LogP contribution >= 0.6 is 12.4 Å². The molecule has 1 amide bonds. The lowest BCUT2D eigenvalue weighted by atomic mass is 9.89. The number of amides is 1. The molecule has 2 atom stereocenters. The van der Waals surface area contributed by atoms with E-state index in [0.717, 1.165) is 24.4 Å². The van der Waals surface area contributed by atoms with Crippen molar-refractivity contribution in [2.24, 2.45) is 5.92 Å². The second-order valence-corrected chi connectivity index (χ2v) is 6.44. The van der Waals surface area contributed by atoms with E-state index < -0.39 is 0 Å². The van der Waals surface area contributed by atoms with E-state index in [1.807, 2.05) is 26.1 Å². The van der Waals surface area contributed by atoms with Gasteiger partial charge in [0.2, 0.25) is 5.91 Å². The Balaban J connectivity index is 0.00000161. The minimum atomic E-state index is 0. The van der Waals surface area contributed by atoms with Gasteiger partial charge in [-0.2, -0.15) is 0 Å². The fraction of sp³-hybridized carbons (Fsp3) is 0.688. The number of nitrogens with zero attached hydrogens (tertiary/aromatic N) is 1. The van der Waals surface area contributed by atoms with E-state index in [-0.39, 0.29) is 18.3 Å². The first-order chi connectivity index (χ1) is 9.60. The monoisotopic (exact) mass is 312 g/mol. The van der Waals surface area contributed by atoms with Gasteiger partial charge in [-0.3, -0.25) is 4.79 Å². The predicted octanol–water partition coefficient (Wildman–Crippen LogP) is 2.89. The third-order valence-electron chi connectivity index (χ3n) is 4.65. The molecule has 2 aliphatic rings. The number of furan rings is 1. The molecule has 0 radical (unpaired) electrons. The molecule has 2 unspecified atom stereocenters. The minimum Gasteiger partial charge on any atom is -0.464 e. The molecule has 118 valence electrons. The quantitative estimate of drug-likeness (QED) is 0.930. The van der Waals surface area contributed by atoms with Gasteiger partial charge in [-0.05, 0) is 50.7 Å². The summed E-state index contributed by atoms with van der Waals surface area (Å²) in [5.41, 5.74) is 0. The smallest absolute Gasteiger partial charge is 0.222 e. The second kappa shape index (κ2) is 6.84. The van der Waals surface area contributed by atoms with E-state index in [1.54, 1.807) is 4.90 Å². The van der Waals surface area contributed by atoms with Gasteiger partial charge < -0.3 is 14.6 Å². The molecule has 0 spiro atoms. The maximum Gasteiger partial charge on any atom is 0.222 e. The summed E-state index contributed by atoms with van der Waals surface area (Å²) in [5.74, 6) is 2.56. The number of hydrogen-bond acceptors (Lipinski definition) is 3. The summed E-state index contributed by atoms with van der Waals surface area (Å²) in [6.45, 7) is 2.50. The SMILES string of the molecule is Cc1ccc(CN(C)C(=O)CC2CC3CCC(C2)N3)o1.Cl. The maximum atomic E-state index is 12.3. The van der Waals surface area contributed by atoms with Gasteiger partial charge in [0.15, 0.2) is 0 Å². The fourth-order valence-electron chi connectivity index (χ4n) is 3.64. The predicted molar refractivity (Wildman–Crippen MR) is 84.5 cm³/mol. The highest BCUT2D eigenvalue weighted by Gasteiger charge is 2.34. The van der Waals surface area contributed by atoms with Crippen LogP contribution in [0.2, 0.25) is 0 Å². The van der Waals surface area contributed by atoms with Crippen LogP contribution in [-0.4, -0.2) is 29.9 Å². The van der Waals surface area contributed by atoms with Crippen molar-refractivity contribution in [1.29, 1.82) is 0 Å². The lowest BCUT2D eigenvalue weighted by Gasteiger charge is -2.29. The zero-order chi connectivity index (χ0) is 14.1. The summed E-state index contributed by atoms with van der Waals surface area (Å²) in [6, 6.07) is 5.20. The molecule has 1 aromatic rings. The Morgan fingerprint density at radius 1 is 1.33 bits per heavy atom. The summed E-state index contributed by atoms with van der Waals surface area (Å²) in [7, 11) is 1.87. The van der Waals surface area contributed by atoms with Crippen molar-refractivity contribution in [1.82, 2.24) is 10.2 Å². The average Bonchev–Trinajstić information content (AvgIpc) is 2.95. The van der Waals surface area contributed by atoms with Crippen molar-refractivity contribution in [2.45, 2.75) is 57.7 Å². The van der Waals surface area contributed by atoms with E-state index in [2.05, 4.69) is 5.32 Å². The van der Waals surface area contributed by atoms with Gasteiger partial charge in [0.25, 0.3) is 0 Å². The number of rotatable bonds is 4. The Morgan fingerprint density at radius 3 is 2.57 bits per heavy atom. The molecule has 0 saturated carbocycles. The number of fused-ring (bicyclic) bond motifs is 2. The van der Waals surface area contributed by atoms with Crippen molar-refractivity contribution >= 4 is 18.3 Å². The van der Waals surface area contributed by atoms with Crippen LogP contribution in [0.5, 0.6) is 0 Å². The Bertz CT molecular complexity index is 476. The molecule has 0 aliphatic carbocycles. The number of carbonyl (C=O) groups excluding carboxylic acids is 1. The van der Waals surface area contributed by atoms with Crippen LogP contribution in [0.25, 0.3) is 0 Å². The lowest BCUT2D eigenvalue weighted by molar-refractivity contribution is -0.131. The van der Waals surface area contributed by atoms with Gasteiger partial charge in [-0.25, -0.2) is 0 Å². The fourth-order valence-corrected chi connectivity index (χ4v) is 3.64. The van der Waals surface area contributed by atoms with Crippen LogP contribution in [0, 0.1) is 12.8 Å². The van der Waals surface area contributed by atoms with Gasteiger partial charge in [0, 0.05) is 25.6 Å². The van der Waals surface area contributed by atoms with Crippen LogP contribution in [0.3, 0.4) is 0 Å². The number of aryl methyl sites for hydroxylation is 1. The largest absolute Gasteiger partial charge is 0.464 e. The van der Waals surface area contributed by atoms with E-state index in [0.29, 0.717) is 31.0 Å². The zero-order valence-corrected chi connectivity index (χ0v) is 13.6. The Labute approximate surface area is 132 Å². The van der Waals surface area contributed by atoms with Crippen molar-refractivity contribution < 1.29 is 9.21 Å².